The van der Waals surface area contributed by atoms with Gasteiger partial charge in [0, 0.05) is 0 Å². The summed E-state index contributed by atoms with van der Waals surface area (Å²) in [6.45, 7) is 5.90. The fraction of sp³-hybridized carbons (Fsp3) is 1.00. The van der Waals surface area contributed by atoms with Crippen molar-refractivity contribution in [3.8, 4) is 0 Å². The Morgan fingerprint density at radius 3 is 2.21 bits per heavy atom. The highest BCUT2D eigenvalue weighted by Crippen LogP contribution is 2.67. The smallest absolute Gasteiger partial charge is 0.00773 e. The third-order valence-corrected chi connectivity index (χ3v) is 5.44. The molecule has 2 aliphatic rings. The minimum absolute atomic E-state index is 0.627. The number of fused-ring (bicyclic) bond motifs is 2. The number of hydrogen-bond acceptors (Lipinski definition) is 1. The average Bonchev–Trinajstić information content (AvgIpc) is 2.54. The van der Waals surface area contributed by atoms with Gasteiger partial charge in [0.15, 0.2) is 0 Å². The normalized spacial score (nSPS) is 39.2. The van der Waals surface area contributed by atoms with E-state index in [-0.39, 0.29) is 0 Å². The van der Waals surface area contributed by atoms with Crippen molar-refractivity contribution >= 4 is 0 Å². The Bertz CT molecular complexity index is 199. The largest absolute Gasteiger partial charge is 0.330 e. The fourth-order valence-corrected chi connectivity index (χ4v) is 4.15. The second-order valence-corrected chi connectivity index (χ2v) is 6.02. The second-order valence-electron chi connectivity index (χ2n) is 6.02. The molecule has 2 saturated carbocycles. The summed E-state index contributed by atoms with van der Waals surface area (Å²) < 4.78 is 0. The lowest BCUT2D eigenvalue weighted by Crippen LogP contribution is -2.30. The van der Waals surface area contributed by atoms with Crippen LogP contribution in [0.5, 0.6) is 0 Å². The van der Waals surface area contributed by atoms with E-state index < -0.39 is 0 Å². The summed E-state index contributed by atoms with van der Waals surface area (Å²) in [6.07, 6.45) is 10.00. The molecule has 1 heteroatoms. The van der Waals surface area contributed by atoms with Crippen molar-refractivity contribution in [1.82, 2.24) is 0 Å². The van der Waals surface area contributed by atoms with Gasteiger partial charge in [-0.25, -0.2) is 0 Å². The van der Waals surface area contributed by atoms with Gasteiger partial charge in [0.05, 0.1) is 0 Å². The van der Waals surface area contributed by atoms with E-state index in [0.29, 0.717) is 10.8 Å². The molecular formula is C13H25N. The summed E-state index contributed by atoms with van der Waals surface area (Å²) >= 11 is 0. The summed E-state index contributed by atoms with van der Waals surface area (Å²) in [4.78, 5) is 0. The van der Waals surface area contributed by atoms with Crippen molar-refractivity contribution in [2.45, 2.75) is 58.8 Å². The molecule has 0 aliphatic heterocycles. The van der Waals surface area contributed by atoms with Crippen LogP contribution in [-0.2, 0) is 0 Å². The maximum atomic E-state index is 5.58. The Morgan fingerprint density at radius 1 is 1.14 bits per heavy atom. The zero-order valence-corrected chi connectivity index (χ0v) is 9.81. The van der Waals surface area contributed by atoms with Crippen molar-refractivity contribution in [2.24, 2.45) is 22.5 Å². The van der Waals surface area contributed by atoms with Gasteiger partial charge < -0.3 is 5.73 Å². The van der Waals surface area contributed by atoms with Crippen LogP contribution in [0.1, 0.15) is 58.8 Å². The Balaban J connectivity index is 2.00. The maximum absolute atomic E-state index is 5.58. The van der Waals surface area contributed by atoms with Crippen LogP contribution in [0.2, 0.25) is 0 Å². The molecule has 82 valence electrons. The monoisotopic (exact) mass is 195 g/mol. The van der Waals surface area contributed by atoms with E-state index in [1.807, 2.05) is 0 Å². The first kappa shape index (κ1) is 10.5. The minimum Gasteiger partial charge on any atom is -0.330 e. The quantitative estimate of drug-likeness (QED) is 0.684. The van der Waals surface area contributed by atoms with E-state index in [9.17, 15) is 0 Å². The lowest BCUT2D eigenvalue weighted by molar-refractivity contribution is 0.112. The number of rotatable bonds is 4. The first-order valence-electron chi connectivity index (χ1n) is 6.32. The molecular weight excluding hydrogens is 170 g/mol. The third-order valence-electron chi connectivity index (χ3n) is 5.44. The summed E-state index contributed by atoms with van der Waals surface area (Å²) in [5, 5.41) is 0. The Morgan fingerprint density at radius 2 is 1.79 bits per heavy atom. The SMILES string of the molecule is CC1(C)C2CCC1(CCCCN)CC2. The summed E-state index contributed by atoms with van der Waals surface area (Å²) in [7, 11) is 0. The molecule has 0 aromatic heterocycles. The second kappa shape index (κ2) is 3.52. The van der Waals surface area contributed by atoms with Gasteiger partial charge in [-0.05, 0) is 61.8 Å². The van der Waals surface area contributed by atoms with E-state index in [0.717, 1.165) is 12.5 Å². The molecule has 0 aromatic carbocycles. The first-order valence-corrected chi connectivity index (χ1v) is 6.32. The highest BCUT2D eigenvalue weighted by molar-refractivity contribution is 5.07. The molecule has 2 bridgehead atoms. The van der Waals surface area contributed by atoms with E-state index >= 15 is 0 Å². The predicted octanol–water partition coefficient (Wildman–Crippen LogP) is 3.33. The summed E-state index contributed by atoms with van der Waals surface area (Å²) in [6, 6.07) is 0. The summed E-state index contributed by atoms with van der Waals surface area (Å²) in [5.41, 5.74) is 6.90. The van der Waals surface area contributed by atoms with Crippen LogP contribution in [0.25, 0.3) is 0 Å². The van der Waals surface area contributed by atoms with Crippen LogP contribution < -0.4 is 5.73 Å². The fourth-order valence-electron chi connectivity index (χ4n) is 4.15. The topological polar surface area (TPSA) is 26.0 Å². The van der Waals surface area contributed by atoms with Gasteiger partial charge in [-0.3, -0.25) is 0 Å². The maximum Gasteiger partial charge on any atom is -0.00773 e. The van der Waals surface area contributed by atoms with E-state index in [2.05, 4.69) is 13.8 Å². The van der Waals surface area contributed by atoms with E-state index in [1.54, 1.807) is 0 Å². The molecule has 2 N–H and O–H groups in total. The molecule has 0 radical (unpaired) electrons. The van der Waals surface area contributed by atoms with Gasteiger partial charge in [0.25, 0.3) is 0 Å². The molecule has 1 nitrogen and oxygen atoms in total. The van der Waals surface area contributed by atoms with Crippen LogP contribution >= 0.6 is 0 Å². The van der Waals surface area contributed by atoms with Gasteiger partial charge >= 0.3 is 0 Å². The van der Waals surface area contributed by atoms with Crippen LogP contribution in [0.15, 0.2) is 0 Å². The molecule has 0 heterocycles. The molecule has 0 aromatic rings. The highest BCUT2D eigenvalue weighted by Gasteiger charge is 2.57. The number of nitrogens with two attached hydrogens (primary N) is 1. The zero-order valence-electron chi connectivity index (χ0n) is 9.81. The Labute approximate surface area is 88.4 Å². The van der Waals surface area contributed by atoms with E-state index in [1.165, 1.54) is 44.9 Å². The van der Waals surface area contributed by atoms with Crippen LogP contribution in [0.3, 0.4) is 0 Å². The van der Waals surface area contributed by atoms with Gasteiger partial charge in [-0.15, -0.1) is 0 Å². The molecule has 2 fully saturated rings. The van der Waals surface area contributed by atoms with Crippen molar-refractivity contribution < 1.29 is 0 Å². The molecule has 0 amide bonds. The lowest BCUT2D eigenvalue weighted by Gasteiger charge is -2.38. The van der Waals surface area contributed by atoms with Crippen molar-refractivity contribution in [3.63, 3.8) is 0 Å². The highest BCUT2D eigenvalue weighted by atomic mass is 14.6. The van der Waals surface area contributed by atoms with Crippen LogP contribution in [0.4, 0.5) is 0 Å². The minimum atomic E-state index is 0.627. The Hall–Kier alpha value is -0.0400. The third kappa shape index (κ3) is 1.32. The number of hydrogen-bond donors (Lipinski definition) is 1. The van der Waals surface area contributed by atoms with Crippen LogP contribution in [-0.4, -0.2) is 6.54 Å². The molecule has 14 heavy (non-hydrogen) atoms. The van der Waals surface area contributed by atoms with Crippen molar-refractivity contribution in [2.75, 3.05) is 6.54 Å². The van der Waals surface area contributed by atoms with E-state index in [4.69, 9.17) is 5.73 Å². The van der Waals surface area contributed by atoms with Gasteiger partial charge in [-0.2, -0.15) is 0 Å². The molecule has 2 rings (SSSR count). The molecule has 0 spiro atoms. The molecule has 2 aliphatic carbocycles. The molecule has 0 atom stereocenters. The standard InChI is InChI=1S/C13H25N/c1-12(2)11-5-8-13(12,9-6-11)7-3-4-10-14/h11H,3-10,14H2,1-2H3. The van der Waals surface area contributed by atoms with Gasteiger partial charge in [-0.1, -0.05) is 20.3 Å². The predicted molar refractivity (Wildman–Crippen MR) is 61.1 cm³/mol. The number of unbranched alkanes of at least 4 members (excludes halogenated alkanes) is 1. The van der Waals surface area contributed by atoms with Crippen molar-refractivity contribution in [1.29, 1.82) is 0 Å². The average molecular weight is 195 g/mol. The van der Waals surface area contributed by atoms with Gasteiger partial charge in [0.1, 0.15) is 0 Å². The zero-order chi connectivity index (χ0) is 10.2. The lowest BCUT2D eigenvalue weighted by atomic mass is 9.67. The Kier molecular flexibility index (Phi) is 2.63. The van der Waals surface area contributed by atoms with Crippen molar-refractivity contribution in [3.05, 3.63) is 0 Å². The van der Waals surface area contributed by atoms with Crippen LogP contribution in [0, 0.1) is 16.7 Å². The van der Waals surface area contributed by atoms with Gasteiger partial charge in [0.2, 0.25) is 0 Å². The summed E-state index contributed by atoms with van der Waals surface area (Å²) in [5.74, 6) is 1.03. The first-order chi connectivity index (χ1) is 6.62. The molecule has 0 saturated heterocycles. The molecule has 0 unspecified atom stereocenters.